The second kappa shape index (κ2) is 11.0. The molecule has 0 radical (unpaired) electrons. The molecule has 0 atom stereocenters. The van der Waals surface area contributed by atoms with Gasteiger partial charge in [-0.2, -0.15) is 4.31 Å². The van der Waals surface area contributed by atoms with E-state index in [0.717, 1.165) is 11.0 Å². The van der Waals surface area contributed by atoms with Gasteiger partial charge in [-0.3, -0.25) is 14.9 Å². The molecule has 0 N–H and O–H groups in total. The molecule has 33 heavy (non-hydrogen) atoms. The number of benzene rings is 2. The maximum Gasteiger partial charge on any atom is 0.293 e. The van der Waals surface area contributed by atoms with Crippen molar-refractivity contribution in [1.29, 1.82) is 0 Å². The number of nitro groups is 1. The number of anilines is 1. The Bertz CT molecular complexity index is 1080. The van der Waals surface area contributed by atoms with Gasteiger partial charge < -0.3 is 9.80 Å². The second-order valence-electron chi connectivity index (χ2n) is 7.47. The number of sulfonamides is 1. The average Bonchev–Trinajstić information content (AvgIpc) is 2.83. The minimum atomic E-state index is -3.80. The number of carbonyl (C=O) groups excluding carboxylic acids is 1. The molecule has 178 valence electrons. The number of thioether (sulfide) groups is 1. The van der Waals surface area contributed by atoms with Gasteiger partial charge in [0, 0.05) is 50.2 Å². The van der Waals surface area contributed by atoms with E-state index in [9.17, 15) is 23.3 Å². The highest BCUT2D eigenvalue weighted by Gasteiger charge is 2.29. The highest BCUT2D eigenvalue weighted by molar-refractivity contribution is 8.00. The summed E-state index contributed by atoms with van der Waals surface area (Å²) in [6, 6.07) is 13.8. The Balaban J connectivity index is 1.69. The first-order chi connectivity index (χ1) is 15.8. The Morgan fingerprint density at radius 1 is 1.06 bits per heavy atom. The predicted molar refractivity (Wildman–Crippen MR) is 129 cm³/mol. The number of amides is 1. The van der Waals surface area contributed by atoms with Crippen LogP contribution in [0.15, 0.2) is 58.3 Å². The Morgan fingerprint density at radius 3 is 2.27 bits per heavy atom. The van der Waals surface area contributed by atoms with E-state index in [-0.39, 0.29) is 29.6 Å². The number of nitrogens with zero attached hydrogens (tertiary/aromatic N) is 4. The maximum atomic E-state index is 12.8. The van der Waals surface area contributed by atoms with E-state index in [1.807, 2.05) is 35.2 Å². The molecule has 1 heterocycles. The zero-order valence-corrected chi connectivity index (χ0v) is 20.3. The summed E-state index contributed by atoms with van der Waals surface area (Å²) in [5.74, 6) is 0.362. The second-order valence-corrected chi connectivity index (χ2v) is 10.5. The number of nitro benzene ring substituents is 1. The van der Waals surface area contributed by atoms with E-state index in [1.54, 1.807) is 18.7 Å². The van der Waals surface area contributed by atoms with Crippen LogP contribution in [0.4, 0.5) is 11.4 Å². The quantitative estimate of drug-likeness (QED) is 0.301. The third-order valence-corrected chi connectivity index (χ3v) is 8.61. The molecular formula is C22H28N4O5S2. The zero-order chi connectivity index (χ0) is 24.0. The highest BCUT2D eigenvalue weighted by atomic mass is 32.2. The Hall–Kier alpha value is -2.63. The molecule has 0 aliphatic carbocycles. The van der Waals surface area contributed by atoms with Crippen molar-refractivity contribution >= 4 is 39.1 Å². The van der Waals surface area contributed by atoms with Crippen molar-refractivity contribution in [2.45, 2.75) is 23.6 Å². The largest absolute Gasteiger partial charge is 0.362 e. The van der Waals surface area contributed by atoms with Crippen LogP contribution in [0.2, 0.25) is 0 Å². The summed E-state index contributed by atoms with van der Waals surface area (Å²) in [5, 5.41) is 11.7. The number of carbonyl (C=O) groups is 1. The van der Waals surface area contributed by atoms with Crippen molar-refractivity contribution < 1.29 is 18.1 Å². The van der Waals surface area contributed by atoms with E-state index in [2.05, 4.69) is 0 Å². The van der Waals surface area contributed by atoms with Gasteiger partial charge in [-0.1, -0.05) is 32.0 Å². The summed E-state index contributed by atoms with van der Waals surface area (Å²) in [7, 11) is -3.80. The van der Waals surface area contributed by atoms with E-state index in [0.29, 0.717) is 37.6 Å². The molecule has 0 bridgehead atoms. The molecule has 2 aromatic rings. The van der Waals surface area contributed by atoms with Crippen LogP contribution in [0.25, 0.3) is 0 Å². The first-order valence-electron chi connectivity index (χ1n) is 10.8. The van der Waals surface area contributed by atoms with Gasteiger partial charge in [0.1, 0.15) is 5.69 Å². The van der Waals surface area contributed by atoms with Gasteiger partial charge in [0.25, 0.3) is 5.69 Å². The molecule has 1 saturated heterocycles. The van der Waals surface area contributed by atoms with Crippen LogP contribution in [0.3, 0.4) is 0 Å². The van der Waals surface area contributed by atoms with Crippen molar-refractivity contribution in [2.75, 3.05) is 49.9 Å². The van der Waals surface area contributed by atoms with Crippen LogP contribution in [0.1, 0.15) is 13.8 Å². The van der Waals surface area contributed by atoms with Gasteiger partial charge in [-0.05, 0) is 24.3 Å². The minimum Gasteiger partial charge on any atom is -0.362 e. The topological polar surface area (TPSA) is 104 Å². The maximum absolute atomic E-state index is 12.8. The van der Waals surface area contributed by atoms with Crippen LogP contribution >= 0.6 is 11.8 Å². The Kier molecular flexibility index (Phi) is 8.33. The fourth-order valence-electron chi connectivity index (χ4n) is 3.74. The molecule has 0 saturated carbocycles. The average molecular weight is 493 g/mol. The first kappa shape index (κ1) is 25.0. The van der Waals surface area contributed by atoms with Crippen molar-refractivity contribution in [2.24, 2.45) is 0 Å². The van der Waals surface area contributed by atoms with Crippen molar-refractivity contribution in [3.05, 3.63) is 58.6 Å². The lowest BCUT2D eigenvalue weighted by atomic mass is 10.2. The zero-order valence-electron chi connectivity index (χ0n) is 18.7. The van der Waals surface area contributed by atoms with Crippen molar-refractivity contribution in [1.82, 2.24) is 9.21 Å². The molecule has 2 aromatic carbocycles. The van der Waals surface area contributed by atoms with E-state index < -0.39 is 14.9 Å². The van der Waals surface area contributed by atoms with Gasteiger partial charge in [-0.15, -0.1) is 11.8 Å². The van der Waals surface area contributed by atoms with E-state index in [4.69, 9.17) is 0 Å². The molecule has 0 aromatic heterocycles. The molecule has 11 heteroatoms. The molecule has 1 aliphatic heterocycles. The number of rotatable bonds is 9. The third-order valence-electron chi connectivity index (χ3n) is 5.57. The fourth-order valence-corrected chi connectivity index (χ4v) is 6.04. The lowest BCUT2D eigenvalue weighted by molar-refractivity contribution is -0.384. The van der Waals surface area contributed by atoms with Crippen molar-refractivity contribution in [3.8, 4) is 0 Å². The summed E-state index contributed by atoms with van der Waals surface area (Å²) < 4.78 is 26.8. The monoisotopic (exact) mass is 492 g/mol. The Morgan fingerprint density at radius 2 is 1.70 bits per heavy atom. The van der Waals surface area contributed by atoms with Crippen LogP contribution in [0.5, 0.6) is 0 Å². The summed E-state index contributed by atoms with van der Waals surface area (Å²) >= 11 is 1.48. The van der Waals surface area contributed by atoms with Gasteiger partial charge in [-0.25, -0.2) is 8.42 Å². The predicted octanol–water partition coefficient (Wildman–Crippen LogP) is 3.07. The fraction of sp³-hybridized carbons (Fsp3) is 0.409. The minimum absolute atomic E-state index is 0.0265. The van der Waals surface area contributed by atoms with Crippen LogP contribution < -0.4 is 4.90 Å². The number of hydrogen-bond acceptors (Lipinski definition) is 7. The molecule has 0 spiro atoms. The molecule has 0 unspecified atom stereocenters. The standard InChI is InChI=1S/C22H28N4O5S2/c1-3-25(4-2)33(30,31)19-10-11-20(21(16-19)26(28)29)23-12-14-24(15-13-23)22(27)17-32-18-8-6-5-7-9-18/h5-11,16H,3-4,12-15,17H2,1-2H3. The SMILES string of the molecule is CCN(CC)S(=O)(=O)c1ccc(N2CCN(C(=O)CSc3ccccc3)CC2)c([N+](=O)[O-])c1. The molecule has 1 amide bonds. The van der Waals surface area contributed by atoms with Crippen LogP contribution in [-0.2, 0) is 14.8 Å². The van der Waals surface area contributed by atoms with E-state index in [1.165, 1.54) is 28.2 Å². The van der Waals surface area contributed by atoms with Crippen molar-refractivity contribution in [3.63, 3.8) is 0 Å². The third kappa shape index (κ3) is 5.84. The lowest BCUT2D eigenvalue weighted by Crippen LogP contribution is -2.49. The van der Waals surface area contributed by atoms with Crippen LogP contribution in [-0.4, -0.2) is 73.5 Å². The first-order valence-corrected chi connectivity index (χ1v) is 13.2. The van der Waals surface area contributed by atoms with Gasteiger partial charge in [0.15, 0.2) is 0 Å². The molecular weight excluding hydrogens is 464 g/mol. The summed E-state index contributed by atoms with van der Waals surface area (Å²) in [5.41, 5.74) is 0.117. The van der Waals surface area contributed by atoms with Crippen LogP contribution in [0, 0.1) is 10.1 Å². The number of hydrogen-bond donors (Lipinski definition) is 0. The molecule has 1 fully saturated rings. The normalized spacial score (nSPS) is 14.5. The molecule has 3 rings (SSSR count). The summed E-state index contributed by atoms with van der Waals surface area (Å²) in [4.78, 5) is 28.3. The number of piperazine rings is 1. The lowest BCUT2D eigenvalue weighted by Gasteiger charge is -2.36. The Labute approximate surface area is 198 Å². The summed E-state index contributed by atoms with van der Waals surface area (Å²) in [6.45, 7) is 5.79. The highest BCUT2D eigenvalue weighted by Crippen LogP contribution is 2.32. The molecule has 1 aliphatic rings. The summed E-state index contributed by atoms with van der Waals surface area (Å²) in [6.07, 6.45) is 0. The molecule has 9 nitrogen and oxygen atoms in total. The van der Waals surface area contributed by atoms with Gasteiger partial charge in [0.2, 0.25) is 15.9 Å². The van der Waals surface area contributed by atoms with E-state index >= 15 is 0 Å². The van der Waals surface area contributed by atoms with Gasteiger partial charge in [0.05, 0.1) is 15.6 Å². The smallest absolute Gasteiger partial charge is 0.293 e. The van der Waals surface area contributed by atoms with Gasteiger partial charge >= 0.3 is 0 Å².